The molecule has 2 fully saturated rings. The first-order chi connectivity index (χ1) is 24.9. The number of likely N-dealkylation sites (tertiary alicyclic amines) is 1. The summed E-state index contributed by atoms with van der Waals surface area (Å²) in [5.41, 5.74) is -0.498. The lowest BCUT2D eigenvalue weighted by Gasteiger charge is -2.37. The van der Waals surface area contributed by atoms with E-state index in [9.17, 15) is 27.6 Å². The van der Waals surface area contributed by atoms with Gasteiger partial charge in [0.15, 0.2) is 6.23 Å². The Labute approximate surface area is 309 Å². The summed E-state index contributed by atoms with van der Waals surface area (Å²) in [7, 11) is 1.07. The smallest absolute Gasteiger partial charge is 0.407 e. The summed E-state index contributed by atoms with van der Waals surface area (Å²) in [6.45, 7) is 9.02. The summed E-state index contributed by atoms with van der Waals surface area (Å²) in [4.78, 5) is 61.0. The third-order valence-corrected chi connectivity index (χ3v) is 10.9. The Hall–Kier alpha value is -5.22. The van der Waals surface area contributed by atoms with Crippen molar-refractivity contribution in [3.8, 4) is 22.8 Å². The maximum atomic E-state index is 14.7. The highest BCUT2D eigenvalue weighted by Crippen LogP contribution is 2.45. The molecule has 0 spiro atoms. The molecule has 15 nitrogen and oxygen atoms in total. The van der Waals surface area contributed by atoms with Crippen molar-refractivity contribution in [2.24, 2.45) is 11.3 Å². The van der Waals surface area contributed by atoms with E-state index >= 15 is 0 Å². The van der Waals surface area contributed by atoms with Gasteiger partial charge in [0, 0.05) is 49.5 Å². The summed E-state index contributed by atoms with van der Waals surface area (Å²) in [5, 5.41) is 5.99. The van der Waals surface area contributed by atoms with Crippen LogP contribution in [0.3, 0.4) is 0 Å². The Bertz CT molecular complexity index is 2020. The Morgan fingerprint density at radius 2 is 1.75 bits per heavy atom. The molecule has 5 atom stereocenters. The van der Waals surface area contributed by atoms with Crippen LogP contribution in [0.4, 0.5) is 4.79 Å². The first-order valence-corrected chi connectivity index (χ1v) is 18.5. The number of carbonyl (C=O) groups is 4. The van der Waals surface area contributed by atoms with E-state index in [0.717, 1.165) is 9.87 Å². The van der Waals surface area contributed by atoms with Crippen LogP contribution in [0.2, 0.25) is 0 Å². The van der Waals surface area contributed by atoms with Crippen LogP contribution in [-0.2, 0) is 29.3 Å². The second-order valence-corrected chi connectivity index (χ2v) is 16.2. The van der Waals surface area contributed by atoms with Crippen LogP contribution in [0.25, 0.3) is 22.2 Å². The molecule has 1 aliphatic carbocycles. The van der Waals surface area contributed by atoms with E-state index in [1.807, 2.05) is 35.1 Å². The van der Waals surface area contributed by atoms with Crippen LogP contribution >= 0.6 is 0 Å². The van der Waals surface area contributed by atoms with Crippen LogP contribution in [0, 0.1) is 11.3 Å². The third-order valence-electron chi connectivity index (χ3n) is 9.52. The fraction of sp³-hybridized carbons (Fsp3) is 0.432. The second kappa shape index (κ2) is 15.0. The van der Waals surface area contributed by atoms with Gasteiger partial charge in [-0.15, -0.1) is 6.58 Å². The first kappa shape index (κ1) is 39.0. The van der Waals surface area contributed by atoms with Crippen molar-refractivity contribution in [2.45, 2.75) is 63.9 Å². The minimum Gasteiger partial charge on any atom is -0.497 e. The molecule has 2 heterocycles. The highest BCUT2D eigenvalue weighted by molar-refractivity contribution is 7.87. The van der Waals surface area contributed by atoms with E-state index in [1.54, 1.807) is 52.1 Å². The van der Waals surface area contributed by atoms with Gasteiger partial charge in [-0.3, -0.25) is 19.3 Å². The number of ether oxygens (including phenoxy) is 3. The molecule has 2 unspecified atom stereocenters. The number of carbonyl (C=O) groups excluding carboxylic acids is 4. The van der Waals surface area contributed by atoms with Crippen molar-refractivity contribution in [3.05, 3.63) is 67.3 Å². The highest BCUT2D eigenvalue weighted by atomic mass is 32.2. The summed E-state index contributed by atoms with van der Waals surface area (Å²) >= 11 is 0. The van der Waals surface area contributed by atoms with E-state index in [4.69, 9.17) is 19.2 Å². The van der Waals surface area contributed by atoms with Crippen molar-refractivity contribution in [3.63, 3.8) is 0 Å². The molecule has 0 bridgehead atoms. The summed E-state index contributed by atoms with van der Waals surface area (Å²) in [5.74, 6) is -1.87. The zero-order valence-electron chi connectivity index (χ0n) is 30.8. The molecule has 16 heteroatoms. The average Bonchev–Trinajstić information content (AvgIpc) is 3.68. The highest BCUT2D eigenvalue weighted by Gasteiger charge is 2.61. The van der Waals surface area contributed by atoms with E-state index in [2.05, 4.69) is 17.2 Å². The quantitative estimate of drug-likeness (QED) is 0.232. The third kappa shape index (κ3) is 8.08. The van der Waals surface area contributed by atoms with Crippen LogP contribution in [-0.4, -0.2) is 98.6 Å². The van der Waals surface area contributed by atoms with Crippen molar-refractivity contribution in [2.75, 3.05) is 28.3 Å². The first-order valence-electron chi connectivity index (χ1n) is 17.0. The summed E-state index contributed by atoms with van der Waals surface area (Å²) < 4.78 is 45.0. The number of hydrogen-bond acceptors (Lipinski definition) is 10. The number of pyridine rings is 1. The zero-order valence-corrected chi connectivity index (χ0v) is 31.7. The molecular weight excluding hydrogens is 705 g/mol. The van der Waals surface area contributed by atoms with Crippen LogP contribution in [0.1, 0.15) is 40.0 Å². The maximum Gasteiger partial charge on any atom is 0.407 e. The molecule has 0 radical (unpaired) electrons. The summed E-state index contributed by atoms with van der Waals surface area (Å²) in [6.07, 6.45) is 0.00960. The van der Waals surface area contributed by atoms with E-state index in [0.29, 0.717) is 28.1 Å². The van der Waals surface area contributed by atoms with Crippen LogP contribution in [0.5, 0.6) is 11.5 Å². The van der Waals surface area contributed by atoms with Gasteiger partial charge in [-0.1, -0.05) is 57.2 Å². The Kier molecular flexibility index (Phi) is 11.1. The van der Waals surface area contributed by atoms with Crippen molar-refractivity contribution in [1.82, 2.24) is 29.5 Å². The number of aromatic nitrogens is 1. The van der Waals surface area contributed by atoms with Gasteiger partial charge in [0.25, 0.3) is 5.91 Å². The number of amides is 4. The van der Waals surface area contributed by atoms with Crippen molar-refractivity contribution < 1.29 is 41.8 Å². The van der Waals surface area contributed by atoms with E-state index in [1.165, 1.54) is 32.2 Å². The molecular formula is C37H46N6O9S. The molecule has 3 aromatic rings. The van der Waals surface area contributed by atoms with Crippen LogP contribution in [0.15, 0.2) is 67.3 Å². The van der Waals surface area contributed by atoms with Gasteiger partial charge in [-0.25, -0.2) is 14.5 Å². The van der Waals surface area contributed by atoms with Gasteiger partial charge in [0.05, 0.1) is 25.4 Å². The molecule has 1 aromatic heterocycles. The Morgan fingerprint density at radius 3 is 2.34 bits per heavy atom. The van der Waals surface area contributed by atoms with E-state index in [-0.39, 0.29) is 19.3 Å². The fourth-order valence-electron chi connectivity index (χ4n) is 6.36. The second-order valence-electron chi connectivity index (χ2n) is 14.3. The lowest BCUT2D eigenvalue weighted by Crippen LogP contribution is -2.62. The van der Waals surface area contributed by atoms with Crippen molar-refractivity contribution >= 4 is 44.9 Å². The van der Waals surface area contributed by atoms with Gasteiger partial charge in [0.1, 0.15) is 29.1 Å². The Balaban J connectivity index is 1.56. The van der Waals surface area contributed by atoms with Gasteiger partial charge < -0.3 is 24.8 Å². The number of rotatable bonds is 12. The minimum absolute atomic E-state index is 0.0981. The number of methoxy groups -OCH3 is 2. The maximum absolute atomic E-state index is 14.7. The molecule has 1 saturated heterocycles. The SMILES string of the molecule is C=CC1CC1(NC(=O)[C@@H]1CC[C@@H](Oc2cc(-c3ccccc3)nc3cc(OC)ccc23)N1C(=O)[C@H](NC(=O)OC)C(C)(C)C)C(=O)NS(=O)(=O)N(C)C. The molecule has 4 amide bonds. The molecule has 2 aromatic carbocycles. The van der Waals surface area contributed by atoms with Gasteiger partial charge in [-0.2, -0.15) is 12.7 Å². The molecule has 53 heavy (non-hydrogen) atoms. The predicted molar refractivity (Wildman–Crippen MR) is 197 cm³/mol. The number of fused-ring (bicyclic) bond motifs is 1. The predicted octanol–water partition coefficient (Wildman–Crippen LogP) is 3.36. The molecule has 1 aliphatic heterocycles. The molecule has 1 saturated carbocycles. The lowest BCUT2D eigenvalue weighted by molar-refractivity contribution is -0.149. The number of hydrogen-bond donors (Lipinski definition) is 3. The monoisotopic (exact) mass is 750 g/mol. The average molecular weight is 751 g/mol. The topological polar surface area (TPSA) is 186 Å². The largest absolute Gasteiger partial charge is 0.497 e. The van der Waals surface area contributed by atoms with Gasteiger partial charge in [-0.05, 0) is 30.4 Å². The Morgan fingerprint density at radius 1 is 1.06 bits per heavy atom. The normalized spacial score (nSPS) is 21.7. The lowest BCUT2D eigenvalue weighted by atomic mass is 9.85. The van der Waals surface area contributed by atoms with Gasteiger partial charge in [0.2, 0.25) is 11.8 Å². The number of nitrogens with zero attached hydrogens (tertiary/aromatic N) is 3. The summed E-state index contributed by atoms with van der Waals surface area (Å²) in [6, 6.07) is 14.2. The van der Waals surface area contributed by atoms with Crippen LogP contribution < -0.4 is 24.8 Å². The number of benzene rings is 2. The molecule has 284 valence electrons. The van der Waals surface area contributed by atoms with E-state index < -0.39 is 69.2 Å². The standard InChI is InChI=1S/C37H46N6O9S/c1-9-23-21-37(23,34(46)41-53(48,49)42(5)6)40-32(44)28-17-18-30(43(28)33(45)31(36(2,3)4)39-35(47)51-8)52-29-20-26(22-13-11-10-12-14-22)38-27-19-24(50-7)15-16-25(27)29/h9-16,19-20,23,28,30-31H,1,17-18,21H2,2-8H3,(H,39,47)(H,40,44)(H,41,46)/t23?,28-,30+,31-,37?/m0/s1. The number of nitrogens with one attached hydrogen (secondary N) is 3. The van der Waals surface area contributed by atoms with Crippen molar-refractivity contribution in [1.29, 1.82) is 0 Å². The molecule has 3 N–H and O–H groups in total. The number of alkyl carbamates (subject to hydrolysis) is 1. The molecule has 2 aliphatic rings. The van der Waals surface area contributed by atoms with Gasteiger partial charge >= 0.3 is 16.3 Å². The zero-order chi connectivity index (χ0) is 38.9. The fourth-order valence-corrected chi connectivity index (χ4v) is 6.96. The molecule has 5 rings (SSSR count). The minimum atomic E-state index is -4.18.